The number of aliphatic hydroxyl groups excluding tert-OH is 2. The Hall–Kier alpha value is -1.22. The summed E-state index contributed by atoms with van der Waals surface area (Å²) in [5.41, 5.74) is 9.88. The zero-order valence-corrected chi connectivity index (χ0v) is 8.91. The van der Waals surface area contributed by atoms with Crippen LogP contribution in [0.1, 0.15) is 13.3 Å². The molecule has 0 aliphatic heterocycles. The number of rotatable bonds is 5. The Balaban J connectivity index is 0. The molecule has 0 saturated heterocycles. The van der Waals surface area contributed by atoms with E-state index >= 15 is 0 Å². The second-order valence-corrected chi connectivity index (χ2v) is 3.06. The van der Waals surface area contributed by atoms with Crippen LogP contribution in [0.4, 0.5) is 0 Å². The molecule has 0 bridgehead atoms. The van der Waals surface area contributed by atoms with Crippen LogP contribution in [0.15, 0.2) is 0 Å². The molecule has 0 aromatic heterocycles. The summed E-state index contributed by atoms with van der Waals surface area (Å²) in [6.07, 6.45) is -0.859. The number of hydrogen-bond acceptors (Lipinski definition) is 6. The van der Waals surface area contributed by atoms with E-state index in [-0.39, 0.29) is 13.0 Å². The average molecular weight is 238 g/mol. The number of carboxylic acid groups (broad SMARTS) is 2. The second-order valence-electron chi connectivity index (χ2n) is 3.06. The maximum Gasteiger partial charge on any atom is 0.323 e. The van der Waals surface area contributed by atoms with Crippen LogP contribution in [-0.4, -0.2) is 57.2 Å². The van der Waals surface area contributed by atoms with Crippen molar-refractivity contribution in [3.63, 3.8) is 0 Å². The van der Waals surface area contributed by atoms with E-state index < -0.39 is 30.1 Å². The highest BCUT2D eigenvalue weighted by atomic mass is 16.4. The van der Waals surface area contributed by atoms with Crippen LogP contribution in [0.2, 0.25) is 0 Å². The molecule has 0 unspecified atom stereocenters. The van der Waals surface area contributed by atoms with Gasteiger partial charge in [0.2, 0.25) is 0 Å². The standard InChI is InChI=1S/2C4H9NO3/c1-2(6)3(5)4(7)8;5-3(1-2-6)4(7)8/h2-3,6H,5H2,1H3,(H,7,8);3,6H,1-2,5H2,(H,7,8)/t2-,3+;3-/m10/s1. The van der Waals surface area contributed by atoms with E-state index in [0.717, 1.165) is 0 Å². The third-order valence-corrected chi connectivity index (χ3v) is 1.56. The molecule has 0 heterocycles. The Labute approximate surface area is 92.5 Å². The first-order chi connectivity index (χ1) is 7.23. The molecule has 0 spiro atoms. The van der Waals surface area contributed by atoms with Gasteiger partial charge in [0.15, 0.2) is 0 Å². The van der Waals surface area contributed by atoms with Crippen molar-refractivity contribution in [1.29, 1.82) is 0 Å². The number of aliphatic hydroxyl groups is 2. The molecule has 8 heteroatoms. The third kappa shape index (κ3) is 9.34. The largest absolute Gasteiger partial charge is 0.480 e. The molecule has 0 rings (SSSR count). The van der Waals surface area contributed by atoms with Gasteiger partial charge in [-0.15, -0.1) is 0 Å². The number of hydrogen-bond donors (Lipinski definition) is 6. The second kappa shape index (κ2) is 9.04. The molecule has 0 radical (unpaired) electrons. The van der Waals surface area contributed by atoms with Crippen molar-refractivity contribution in [2.45, 2.75) is 31.5 Å². The van der Waals surface area contributed by atoms with Gasteiger partial charge in [-0.3, -0.25) is 9.59 Å². The first-order valence-electron chi connectivity index (χ1n) is 4.49. The van der Waals surface area contributed by atoms with Crippen molar-refractivity contribution in [2.24, 2.45) is 11.5 Å². The average Bonchev–Trinajstić information content (AvgIpc) is 2.17. The zero-order valence-electron chi connectivity index (χ0n) is 8.91. The van der Waals surface area contributed by atoms with E-state index in [1.54, 1.807) is 0 Å². The van der Waals surface area contributed by atoms with Gasteiger partial charge in [0.25, 0.3) is 0 Å². The summed E-state index contributed by atoms with van der Waals surface area (Å²) in [7, 11) is 0. The minimum absolute atomic E-state index is 0.120. The van der Waals surface area contributed by atoms with E-state index in [4.69, 9.17) is 31.9 Å². The van der Waals surface area contributed by atoms with E-state index in [1.807, 2.05) is 0 Å². The molecule has 16 heavy (non-hydrogen) atoms. The molecule has 96 valence electrons. The van der Waals surface area contributed by atoms with Crippen LogP contribution in [0.3, 0.4) is 0 Å². The predicted octanol–water partition coefficient (Wildman–Crippen LogP) is -2.44. The Morgan fingerprint density at radius 2 is 1.62 bits per heavy atom. The van der Waals surface area contributed by atoms with E-state index in [1.165, 1.54) is 6.92 Å². The summed E-state index contributed by atoms with van der Waals surface area (Å²) in [4.78, 5) is 19.7. The van der Waals surface area contributed by atoms with Crippen LogP contribution < -0.4 is 11.5 Å². The highest BCUT2D eigenvalue weighted by Crippen LogP contribution is 1.86. The molecule has 0 amide bonds. The van der Waals surface area contributed by atoms with Gasteiger partial charge < -0.3 is 31.9 Å². The van der Waals surface area contributed by atoms with Crippen molar-refractivity contribution >= 4 is 11.9 Å². The lowest BCUT2D eigenvalue weighted by Crippen LogP contribution is -2.39. The molecule has 3 atom stereocenters. The van der Waals surface area contributed by atoms with Gasteiger partial charge in [-0.1, -0.05) is 0 Å². The van der Waals surface area contributed by atoms with Crippen LogP contribution in [0, 0.1) is 0 Å². The van der Waals surface area contributed by atoms with Gasteiger partial charge in [-0.25, -0.2) is 0 Å². The van der Waals surface area contributed by atoms with E-state index in [2.05, 4.69) is 0 Å². The highest BCUT2D eigenvalue weighted by Gasteiger charge is 2.16. The summed E-state index contributed by atoms with van der Waals surface area (Å²) in [6.45, 7) is 1.16. The topological polar surface area (TPSA) is 167 Å². The zero-order chi connectivity index (χ0) is 13.3. The Bertz CT molecular complexity index is 221. The van der Waals surface area contributed by atoms with Crippen LogP contribution in [0.25, 0.3) is 0 Å². The number of carboxylic acids is 2. The van der Waals surface area contributed by atoms with E-state index in [9.17, 15) is 9.59 Å². The lowest BCUT2D eigenvalue weighted by atomic mass is 10.2. The summed E-state index contributed by atoms with van der Waals surface area (Å²) >= 11 is 0. The van der Waals surface area contributed by atoms with Gasteiger partial charge in [-0.2, -0.15) is 0 Å². The maximum absolute atomic E-state index is 9.86. The van der Waals surface area contributed by atoms with Crippen molar-refractivity contribution in [1.82, 2.24) is 0 Å². The van der Waals surface area contributed by atoms with Gasteiger partial charge in [0.1, 0.15) is 12.1 Å². The van der Waals surface area contributed by atoms with Crippen molar-refractivity contribution in [3.8, 4) is 0 Å². The Kier molecular flexibility index (Phi) is 9.71. The van der Waals surface area contributed by atoms with Gasteiger partial charge in [0, 0.05) is 6.61 Å². The van der Waals surface area contributed by atoms with Gasteiger partial charge in [-0.05, 0) is 13.3 Å². The molecular weight excluding hydrogens is 220 g/mol. The summed E-state index contributed by atoms with van der Waals surface area (Å²) in [6, 6.07) is -2.07. The maximum atomic E-state index is 9.86. The lowest BCUT2D eigenvalue weighted by molar-refractivity contribution is -0.141. The Morgan fingerprint density at radius 1 is 1.19 bits per heavy atom. The van der Waals surface area contributed by atoms with Crippen molar-refractivity contribution < 1.29 is 30.0 Å². The molecule has 0 aromatic carbocycles. The number of nitrogens with two attached hydrogens (primary N) is 2. The minimum atomic E-state index is -1.18. The monoisotopic (exact) mass is 238 g/mol. The fourth-order valence-corrected chi connectivity index (χ4v) is 0.469. The smallest absolute Gasteiger partial charge is 0.323 e. The molecule has 8 N–H and O–H groups in total. The molecule has 0 saturated carbocycles. The quantitative estimate of drug-likeness (QED) is 0.307. The SMILES string of the molecule is C[C@@H](O)[C@H](N)C(=O)O.N[C@@H](CCO)C(=O)O. The summed E-state index contributed by atoms with van der Waals surface area (Å²) in [5, 5.41) is 32.8. The Morgan fingerprint density at radius 3 is 1.69 bits per heavy atom. The summed E-state index contributed by atoms with van der Waals surface area (Å²) < 4.78 is 0. The number of aliphatic carboxylic acids is 2. The van der Waals surface area contributed by atoms with E-state index in [0.29, 0.717) is 0 Å². The molecule has 0 fully saturated rings. The third-order valence-electron chi connectivity index (χ3n) is 1.56. The van der Waals surface area contributed by atoms with Crippen LogP contribution in [-0.2, 0) is 9.59 Å². The lowest BCUT2D eigenvalue weighted by Gasteiger charge is -2.06. The molecular formula is C8H18N2O6. The van der Waals surface area contributed by atoms with Crippen LogP contribution in [0.5, 0.6) is 0 Å². The number of carbonyl (C=O) groups is 2. The fraction of sp³-hybridized carbons (Fsp3) is 0.750. The molecule has 0 aliphatic rings. The first-order valence-corrected chi connectivity index (χ1v) is 4.49. The van der Waals surface area contributed by atoms with Crippen molar-refractivity contribution in [2.75, 3.05) is 6.61 Å². The fourth-order valence-electron chi connectivity index (χ4n) is 0.469. The highest BCUT2D eigenvalue weighted by molar-refractivity contribution is 5.73. The first kappa shape index (κ1) is 17.2. The van der Waals surface area contributed by atoms with Crippen molar-refractivity contribution in [3.05, 3.63) is 0 Å². The van der Waals surface area contributed by atoms with Gasteiger partial charge >= 0.3 is 11.9 Å². The predicted molar refractivity (Wildman–Crippen MR) is 54.6 cm³/mol. The normalized spacial score (nSPS) is 15.3. The van der Waals surface area contributed by atoms with Gasteiger partial charge in [0.05, 0.1) is 6.10 Å². The molecule has 0 aliphatic carbocycles. The van der Waals surface area contributed by atoms with Crippen LogP contribution >= 0.6 is 0 Å². The molecule has 0 aromatic rings. The molecule has 8 nitrogen and oxygen atoms in total. The summed E-state index contributed by atoms with van der Waals surface area (Å²) in [5.74, 6) is -2.25. The minimum Gasteiger partial charge on any atom is -0.480 e.